The molecule has 0 fully saturated rings. The SMILES string of the molecule is CC(C)Cc1ccc(C(C)(C#N)O[Si](C)(C)C)cc1. The maximum atomic E-state index is 9.46. The van der Waals surface area contributed by atoms with Crippen molar-refractivity contribution in [3.05, 3.63) is 35.4 Å². The summed E-state index contributed by atoms with van der Waals surface area (Å²) in [5.74, 6) is 0.645. The molecule has 3 heteroatoms. The lowest BCUT2D eigenvalue weighted by Crippen LogP contribution is -2.37. The highest BCUT2D eigenvalue weighted by Crippen LogP contribution is 2.29. The third-order valence-corrected chi connectivity index (χ3v) is 3.89. The van der Waals surface area contributed by atoms with Crippen LogP contribution in [0.5, 0.6) is 0 Å². The molecule has 0 aromatic heterocycles. The molecular formula is C16H25NOSi. The first-order valence-electron chi connectivity index (χ1n) is 6.87. The Hall–Kier alpha value is -1.11. The largest absolute Gasteiger partial charge is 0.397 e. The van der Waals surface area contributed by atoms with E-state index >= 15 is 0 Å². The lowest BCUT2D eigenvalue weighted by Gasteiger charge is -2.31. The van der Waals surface area contributed by atoms with Crippen LogP contribution in [0.2, 0.25) is 19.6 Å². The third kappa shape index (κ3) is 4.81. The van der Waals surface area contributed by atoms with E-state index in [0.717, 1.165) is 12.0 Å². The average Bonchev–Trinajstić information content (AvgIpc) is 2.26. The predicted octanol–water partition coefficient (Wildman–Crippen LogP) is 4.48. The zero-order chi connectivity index (χ0) is 14.7. The first-order valence-corrected chi connectivity index (χ1v) is 10.3. The fourth-order valence-corrected chi connectivity index (χ4v) is 3.58. The summed E-state index contributed by atoms with van der Waals surface area (Å²) in [6.07, 6.45) is 1.07. The molecule has 0 aliphatic carbocycles. The quantitative estimate of drug-likeness (QED) is 0.742. The molecule has 0 saturated carbocycles. The topological polar surface area (TPSA) is 33.0 Å². The molecule has 0 N–H and O–H groups in total. The van der Waals surface area contributed by atoms with Gasteiger partial charge in [-0.25, -0.2) is 0 Å². The fourth-order valence-electron chi connectivity index (χ4n) is 2.19. The van der Waals surface area contributed by atoms with Crippen LogP contribution in [0.4, 0.5) is 0 Å². The van der Waals surface area contributed by atoms with Crippen molar-refractivity contribution in [2.45, 2.75) is 52.4 Å². The number of benzene rings is 1. The van der Waals surface area contributed by atoms with Gasteiger partial charge in [0, 0.05) is 0 Å². The van der Waals surface area contributed by atoms with Crippen LogP contribution in [-0.2, 0) is 16.4 Å². The second kappa shape index (κ2) is 5.90. The first kappa shape index (κ1) is 15.9. The van der Waals surface area contributed by atoms with E-state index in [2.05, 4.69) is 51.7 Å². The van der Waals surface area contributed by atoms with Gasteiger partial charge in [-0.2, -0.15) is 5.26 Å². The Bertz CT molecular complexity index is 453. The molecule has 0 aliphatic heterocycles. The standard InChI is InChI=1S/C16H25NOSi/c1-13(2)11-14-7-9-15(10-8-14)16(3,12-17)18-19(4,5)6/h7-10,13H,11H2,1-6H3. The van der Waals surface area contributed by atoms with Crippen molar-refractivity contribution in [2.75, 3.05) is 0 Å². The Balaban J connectivity index is 2.97. The van der Waals surface area contributed by atoms with Crippen molar-refractivity contribution in [2.24, 2.45) is 5.92 Å². The predicted molar refractivity (Wildman–Crippen MR) is 82.4 cm³/mol. The Morgan fingerprint density at radius 3 is 2.11 bits per heavy atom. The van der Waals surface area contributed by atoms with E-state index in [1.165, 1.54) is 5.56 Å². The summed E-state index contributed by atoms with van der Waals surface area (Å²) in [7, 11) is -1.76. The minimum atomic E-state index is -1.76. The molecule has 1 aromatic rings. The van der Waals surface area contributed by atoms with Crippen LogP contribution in [-0.4, -0.2) is 8.32 Å². The molecule has 0 bridgehead atoms. The van der Waals surface area contributed by atoms with Gasteiger partial charge in [0.1, 0.15) is 6.07 Å². The van der Waals surface area contributed by atoms with Crippen molar-refractivity contribution in [3.8, 4) is 6.07 Å². The van der Waals surface area contributed by atoms with Crippen molar-refractivity contribution < 1.29 is 4.43 Å². The molecular weight excluding hydrogens is 250 g/mol. The molecule has 1 rings (SSSR count). The van der Waals surface area contributed by atoms with E-state index in [1.54, 1.807) is 0 Å². The zero-order valence-electron chi connectivity index (χ0n) is 12.9. The zero-order valence-corrected chi connectivity index (χ0v) is 13.9. The van der Waals surface area contributed by atoms with Crippen LogP contribution < -0.4 is 0 Å². The van der Waals surface area contributed by atoms with Crippen molar-refractivity contribution in [1.29, 1.82) is 5.26 Å². The van der Waals surface area contributed by atoms with E-state index < -0.39 is 13.9 Å². The summed E-state index contributed by atoms with van der Waals surface area (Å²) < 4.78 is 6.06. The molecule has 2 nitrogen and oxygen atoms in total. The fraction of sp³-hybridized carbons (Fsp3) is 0.562. The highest BCUT2D eigenvalue weighted by atomic mass is 28.4. The van der Waals surface area contributed by atoms with Gasteiger partial charge in [-0.15, -0.1) is 0 Å². The van der Waals surface area contributed by atoms with Crippen LogP contribution in [0.25, 0.3) is 0 Å². The van der Waals surface area contributed by atoms with E-state index in [4.69, 9.17) is 4.43 Å². The second-order valence-electron chi connectivity index (χ2n) is 6.65. The molecule has 104 valence electrons. The Labute approximate surface area is 118 Å². The Morgan fingerprint density at radius 1 is 1.21 bits per heavy atom. The molecule has 0 amide bonds. The third-order valence-electron chi connectivity index (χ3n) is 2.87. The molecule has 0 aliphatic rings. The Kier molecular flexibility index (Phi) is 4.95. The normalized spacial score (nSPS) is 15.1. The van der Waals surface area contributed by atoms with E-state index in [0.29, 0.717) is 5.92 Å². The van der Waals surface area contributed by atoms with Crippen LogP contribution in [0, 0.1) is 17.2 Å². The van der Waals surface area contributed by atoms with Gasteiger partial charge < -0.3 is 4.43 Å². The van der Waals surface area contributed by atoms with Crippen LogP contribution >= 0.6 is 0 Å². The molecule has 0 radical (unpaired) electrons. The van der Waals surface area contributed by atoms with Crippen LogP contribution in [0.1, 0.15) is 31.9 Å². The van der Waals surface area contributed by atoms with Crippen molar-refractivity contribution >= 4 is 8.32 Å². The minimum absolute atomic E-state index is 0.645. The van der Waals surface area contributed by atoms with Crippen LogP contribution in [0.3, 0.4) is 0 Å². The van der Waals surface area contributed by atoms with E-state index in [-0.39, 0.29) is 0 Å². The Morgan fingerprint density at radius 2 is 1.74 bits per heavy atom. The summed E-state index contributed by atoms with van der Waals surface area (Å²) in [4.78, 5) is 0. The molecule has 0 spiro atoms. The first-order chi connectivity index (χ1) is 8.66. The smallest absolute Gasteiger partial charge is 0.186 e. The summed E-state index contributed by atoms with van der Waals surface area (Å²) in [6.45, 7) is 12.6. The summed E-state index contributed by atoms with van der Waals surface area (Å²) in [6, 6.07) is 10.6. The lowest BCUT2D eigenvalue weighted by atomic mass is 9.95. The lowest BCUT2D eigenvalue weighted by molar-refractivity contribution is 0.141. The molecule has 0 heterocycles. The summed E-state index contributed by atoms with van der Waals surface area (Å²) in [5.41, 5.74) is 1.43. The molecule has 0 saturated heterocycles. The average molecular weight is 275 g/mol. The van der Waals surface area contributed by atoms with Crippen molar-refractivity contribution in [1.82, 2.24) is 0 Å². The maximum Gasteiger partial charge on any atom is 0.186 e. The second-order valence-corrected chi connectivity index (χ2v) is 11.1. The van der Waals surface area contributed by atoms with Gasteiger partial charge in [-0.1, -0.05) is 38.1 Å². The van der Waals surface area contributed by atoms with Gasteiger partial charge in [-0.3, -0.25) is 0 Å². The van der Waals surface area contributed by atoms with E-state index in [1.807, 2.05) is 19.1 Å². The number of hydrogen-bond acceptors (Lipinski definition) is 2. The van der Waals surface area contributed by atoms with Gasteiger partial charge in [0.25, 0.3) is 0 Å². The van der Waals surface area contributed by atoms with E-state index in [9.17, 15) is 5.26 Å². The van der Waals surface area contributed by atoms with Gasteiger partial charge in [-0.05, 0) is 50.0 Å². The number of nitrogens with zero attached hydrogens (tertiary/aromatic N) is 1. The molecule has 1 unspecified atom stereocenters. The van der Waals surface area contributed by atoms with Crippen LogP contribution in [0.15, 0.2) is 24.3 Å². The highest BCUT2D eigenvalue weighted by Gasteiger charge is 2.33. The number of nitriles is 1. The van der Waals surface area contributed by atoms with Gasteiger partial charge in [0.05, 0.1) is 0 Å². The molecule has 1 atom stereocenters. The molecule has 1 aromatic carbocycles. The van der Waals surface area contributed by atoms with Crippen molar-refractivity contribution in [3.63, 3.8) is 0 Å². The summed E-state index contributed by atoms with van der Waals surface area (Å²) in [5, 5.41) is 9.46. The van der Waals surface area contributed by atoms with Gasteiger partial charge in [0.15, 0.2) is 13.9 Å². The number of hydrogen-bond donors (Lipinski definition) is 0. The molecule has 19 heavy (non-hydrogen) atoms. The highest BCUT2D eigenvalue weighted by molar-refractivity contribution is 6.69. The summed E-state index contributed by atoms with van der Waals surface area (Å²) >= 11 is 0. The number of rotatable bonds is 5. The monoisotopic (exact) mass is 275 g/mol. The van der Waals surface area contributed by atoms with Gasteiger partial charge >= 0.3 is 0 Å². The van der Waals surface area contributed by atoms with Gasteiger partial charge in [0.2, 0.25) is 0 Å². The minimum Gasteiger partial charge on any atom is -0.397 e. The maximum absolute atomic E-state index is 9.46.